The summed E-state index contributed by atoms with van der Waals surface area (Å²) in [4.78, 5) is 27.3. The maximum atomic E-state index is 13.5. The molecule has 2 N–H and O–H groups in total. The van der Waals surface area contributed by atoms with E-state index in [-0.39, 0.29) is 30.8 Å². The number of carbonyl (C=O) groups excluding carboxylic acids is 2. The van der Waals surface area contributed by atoms with Gasteiger partial charge in [-0.25, -0.2) is 4.68 Å². The van der Waals surface area contributed by atoms with Gasteiger partial charge in [-0.05, 0) is 19.3 Å². The van der Waals surface area contributed by atoms with Crippen LogP contribution >= 0.6 is 0 Å². The Morgan fingerprint density at radius 3 is 2.50 bits per heavy atom. The Kier molecular flexibility index (Phi) is 5.98. The third-order valence-electron chi connectivity index (χ3n) is 5.37. The fraction of sp³-hybridized carbons (Fsp3) is 0.650. The van der Waals surface area contributed by atoms with Crippen molar-refractivity contribution in [2.24, 2.45) is 5.41 Å². The third-order valence-corrected chi connectivity index (χ3v) is 5.37. The number of rotatable bonds is 5. The van der Waals surface area contributed by atoms with Crippen molar-refractivity contribution in [3.05, 3.63) is 18.6 Å². The largest absolute Gasteiger partial charge is 0.391 e. The monoisotopic (exact) mass is 417 g/mol. The zero-order valence-electron chi connectivity index (χ0n) is 18.4. The average molecular weight is 418 g/mol. The second-order valence-corrected chi connectivity index (χ2v) is 9.17. The predicted octanol–water partition coefficient (Wildman–Crippen LogP) is 1.02. The Morgan fingerprint density at radius 2 is 1.93 bits per heavy atom. The third kappa shape index (κ3) is 4.23. The van der Waals surface area contributed by atoms with Crippen LogP contribution in [-0.2, 0) is 9.59 Å². The summed E-state index contributed by atoms with van der Waals surface area (Å²) in [6, 6.07) is -1.16. The van der Waals surface area contributed by atoms with Crippen LogP contribution in [-0.4, -0.2) is 72.3 Å². The molecule has 1 saturated heterocycles. The van der Waals surface area contributed by atoms with Gasteiger partial charge in [-0.3, -0.25) is 14.3 Å². The number of hydrogen-bond donors (Lipinski definition) is 2. The van der Waals surface area contributed by atoms with E-state index in [9.17, 15) is 14.7 Å². The van der Waals surface area contributed by atoms with E-state index in [0.29, 0.717) is 5.69 Å². The molecule has 0 radical (unpaired) electrons. The molecule has 3 rings (SSSR count). The number of aliphatic hydroxyl groups excluding tert-OH is 1. The van der Waals surface area contributed by atoms with Gasteiger partial charge in [-0.15, -0.1) is 5.10 Å². The van der Waals surface area contributed by atoms with Crippen molar-refractivity contribution >= 4 is 11.8 Å². The van der Waals surface area contributed by atoms with Crippen LogP contribution in [0.2, 0.25) is 0 Å². The number of nitrogens with zero attached hydrogens (tertiary/aromatic N) is 6. The number of likely N-dealkylation sites (tertiary alicyclic amines) is 1. The van der Waals surface area contributed by atoms with Crippen LogP contribution < -0.4 is 5.32 Å². The molecule has 30 heavy (non-hydrogen) atoms. The highest BCUT2D eigenvalue weighted by atomic mass is 16.3. The van der Waals surface area contributed by atoms with Crippen molar-refractivity contribution in [2.75, 3.05) is 13.6 Å². The van der Waals surface area contributed by atoms with Crippen molar-refractivity contribution in [3.63, 3.8) is 0 Å². The van der Waals surface area contributed by atoms with Crippen molar-refractivity contribution < 1.29 is 14.7 Å². The number of aliphatic hydroxyl groups is 1. The molecule has 10 heteroatoms. The molecule has 1 aliphatic rings. The van der Waals surface area contributed by atoms with Crippen LogP contribution in [0.25, 0.3) is 11.3 Å². The zero-order chi connectivity index (χ0) is 22.2. The van der Waals surface area contributed by atoms with E-state index >= 15 is 0 Å². The minimum atomic E-state index is -0.731. The summed E-state index contributed by atoms with van der Waals surface area (Å²) < 4.78 is 3.39. The maximum absolute atomic E-state index is 13.5. The molecule has 3 heterocycles. The summed E-state index contributed by atoms with van der Waals surface area (Å²) in [6.45, 7) is 10.0. The smallest absolute Gasteiger partial charge is 0.248 e. The summed E-state index contributed by atoms with van der Waals surface area (Å²) >= 11 is 0. The van der Waals surface area contributed by atoms with Gasteiger partial charge in [0.1, 0.15) is 17.8 Å². The van der Waals surface area contributed by atoms with E-state index in [0.717, 1.165) is 5.56 Å². The molecule has 2 aromatic heterocycles. The predicted molar refractivity (Wildman–Crippen MR) is 110 cm³/mol. The lowest BCUT2D eigenvalue weighted by Crippen LogP contribution is -2.49. The van der Waals surface area contributed by atoms with E-state index in [1.807, 2.05) is 45.5 Å². The number of hydrogen-bond acceptors (Lipinski definition) is 6. The summed E-state index contributed by atoms with van der Waals surface area (Å²) in [5, 5.41) is 25.5. The minimum absolute atomic E-state index is 0.117. The first-order valence-corrected chi connectivity index (χ1v) is 10.2. The Bertz CT molecular complexity index is 912. The molecule has 0 aliphatic carbocycles. The van der Waals surface area contributed by atoms with Gasteiger partial charge in [0.15, 0.2) is 0 Å². The number of likely N-dealkylation sites (N-methyl/N-ethyl adjacent to an activating group) is 1. The molecule has 3 atom stereocenters. The molecule has 0 saturated carbocycles. The second kappa shape index (κ2) is 8.17. The molecular formula is C20H31N7O3. The summed E-state index contributed by atoms with van der Waals surface area (Å²) in [5.74, 6) is -0.546. The van der Waals surface area contributed by atoms with Crippen LogP contribution in [0.4, 0.5) is 0 Å². The molecule has 0 bridgehead atoms. The number of carbonyl (C=O) groups is 2. The van der Waals surface area contributed by atoms with Crippen LogP contribution in [0.3, 0.4) is 0 Å². The quantitative estimate of drug-likeness (QED) is 0.750. The molecule has 1 aliphatic heterocycles. The van der Waals surface area contributed by atoms with Crippen LogP contribution in [0.1, 0.15) is 53.1 Å². The molecular weight excluding hydrogens is 386 g/mol. The van der Waals surface area contributed by atoms with Crippen molar-refractivity contribution in [1.29, 1.82) is 0 Å². The summed E-state index contributed by atoms with van der Waals surface area (Å²) in [7, 11) is 1.53. The van der Waals surface area contributed by atoms with Crippen molar-refractivity contribution in [1.82, 2.24) is 35.0 Å². The SMILES string of the molecule is CNC(=O)[C@H]1CC(O)CN1C(=O)C(n1cc(-c2cnn(C(C)C)c2)nn1)C(C)(C)C. The molecule has 10 nitrogen and oxygen atoms in total. The van der Waals surface area contributed by atoms with E-state index in [1.165, 1.54) is 11.9 Å². The zero-order valence-corrected chi connectivity index (χ0v) is 18.4. The number of nitrogens with one attached hydrogen (secondary N) is 1. The van der Waals surface area contributed by atoms with Crippen molar-refractivity contribution in [3.8, 4) is 11.3 Å². The number of β-amino-alcohol motifs (C(OH)–C–C–N with tert-alkyl or cyclic N) is 1. The molecule has 164 valence electrons. The Hall–Kier alpha value is -2.75. The van der Waals surface area contributed by atoms with Gasteiger partial charge in [0, 0.05) is 37.8 Å². The van der Waals surface area contributed by atoms with Gasteiger partial charge < -0.3 is 15.3 Å². The molecule has 2 unspecified atom stereocenters. The maximum Gasteiger partial charge on any atom is 0.248 e. The molecule has 2 amide bonds. The Balaban J connectivity index is 1.92. The lowest BCUT2D eigenvalue weighted by atomic mass is 9.85. The van der Waals surface area contributed by atoms with Gasteiger partial charge in [0.25, 0.3) is 0 Å². The number of aromatic nitrogens is 5. The highest BCUT2D eigenvalue weighted by Gasteiger charge is 2.45. The second-order valence-electron chi connectivity index (χ2n) is 9.17. The lowest BCUT2D eigenvalue weighted by molar-refractivity contribution is -0.144. The van der Waals surface area contributed by atoms with E-state index < -0.39 is 23.6 Å². The topological polar surface area (TPSA) is 118 Å². The first-order chi connectivity index (χ1) is 14.0. The average Bonchev–Trinajstić information content (AvgIpc) is 3.38. The van der Waals surface area contributed by atoms with E-state index in [2.05, 4.69) is 20.7 Å². The molecule has 1 fully saturated rings. The van der Waals surface area contributed by atoms with Crippen LogP contribution in [0, 0.1) is 5.41 Å². The molecule has 2 aromatic rings. The van der Waals surface area contributed by atoms with Crippen molar-refractivity contribution in [2.45, 2.75) is 65.3 Å². The fourth-order valence-electron chi connectivity index (χ4n) is 3.80. The number of amides is 2. The van der Waals surface area contributed by atoms with E-state index in [4.69, 9.17) is 0 Å². The van der Waals surface area contributed by atoms with Crippen LogP contribution in [0.5, 0.6) is 0 Å². The Morgan fingerprint density at radius 1 is 1.23 bits per heavy atom. The lowest BCUT2D eigenvalue weighted by Gasteiger charge is -2.34. The van der Waals surface area contributed by atoms with Gasteiger partial charge in [-0.1, -0.05) is 26.0 Å². The fourth-order valence-corrected chi connectivity index (χ4v) is 3.80. The first kappa shape index (κ1) is 21.9. The molecule has 0 aromatic carbocycles. The Labute approximate surface area is 176 Å². The van der Waals surface area contributed by atoms with Gasteiger partial charge >= 0.3 is 0 Å². The van der Waals surface area contributed by atoms with Gasteiger partial charge in [0.05, 0.1) is 18.5 Å². The van der Waals surface area contributed by atoms with Gasteiger partial charge in [0.2, 0.25) is 11.8 Å². The molecule has 0 spiro atoms. The summed E-state index contributed by atoms with van der Waals surface area (Å²) in [6.07, 6.45) is 4.84. The highest BCUT2D eigenvalue weighted by molar-refractivity contribution is 5.90. The van der Waals surface area contributed by atoms with E-state index in [1.54, 1.807) is 17.1 Å². The standard InChI is InChI=1S/C20H31N7O3/c1-12(2)26-9-13(8-22-26)15-11-27(24-23-15)17(20(3,4)5)19(30)25-10-14(28)7-16(25)18(29)21-6/h8-9,11-12,14,16-17,28H,7,10H2,1-6H3,(H,21,29)/t14?,16-,17?/m1/s1. The highest BCUT2D eigenvalue weighted by Crippen LogP contribution is 2.35. The normalized spacial score (nSPS) is 20.6. The summed E-state index contributed by atoms with van der Waals surface area (Å²) in [5.41, 5.74) is 0.938. The van der Waals surface area contributed by atoms with Gasteiger partial charge in [-0.2, -0.15) is 5.10 Å². The minimum Gasteiger partial charge on any atom is -0.391 e. The van der Waals surface area contributed by atoms with Crippen LogP contribution in [0.15, 0.2) is 18.6 Å². The first-order valence-electron chi connectivity index (χ1n) is 10.2.